The van der Waals surface area contributed by atoms with Crippen LogP contribution in [0.5, 0.6) is 5.75 Å². The highest BCUT2D eigenvalue weighted by Crippen LogP contribution is 2.29. The molecule has 0 aliphatic heterocycles. The zero-order chi connectivity index (χ0) is 13.5. The zero-order valence-electron chi connectivity index (χ0n) is 11.2. The first-order chi connectivity index (χ1) is 9.35. The quantitative estimate of drug-likeness (QED) is 0.769. The van der Waals surface area contributed by atoms with Gasteiger partial charge in [0.25, 0.3) is 0 Å². The zero-order valence-corrected chi connectivity index (χ0v) is 11.2. The molecule has 0 bridgehead atoms. The van der Waals surface area contributed by atoms with Crippen molar-refractivity contribution in [1.29, 1.82) is 0 Å². The summed E-state index contributed by atoms with van der Waals surface area (Å²) in [6.07, 6.45) is 2.79. The van der Waals surface area contributed by atoms with Crippen molar-refractivity contribution in [2.75, 3.05) is 12.4 Å². The van der Waals surface area contributed by atoms with Gasteiger partial charge in [0, 0.05) is 0 Å². The van der Waals surface area contributed by atoms with Crippen LogP contribution in [0.4, 0.5) is 5.69 Å². The van der Waals surface area contributed by atoms with E-state index in [1.807, 2.05) is 36.4 Å². The van der Waals surface area contributed by atoms with Gasteiger partial charge in [-0.1, -0.05) is 48.5 Å². The van der Waals surface area contributed by atoms with Gasteiger partial charge < -0.3 is 10.1 Å². The molecule has 0 fully saturated rings. The van der Waals surface area contributed by atoms with Gasteiger partial charge in [0.1, 0.15) is 5.75 Å². The minimum absolute atomic E-state index is 0.204. The van der Waals surface area contributed by atoms with Crippen LogP contribution in [0.15, 0.2) is 67.3 Å². The van der Waals surface area contributed by atoms with Crippen LogP contribution < -0.4 is 10.1 Å². The van der Waals surface area contributed by atoms with Crippen LogP contribution in [0.2, 0.25) is 0 Å². The van der Waals surface area contributed by atoms with Crippen molar-refractivity contribution in [2.45, 2.75) is 12.5 Å². The van der Waals surface area contributed by atoms with Gasteiger partial charge in [-0.3, -0.25) is 0 Å². The van der Waals surface area contributed by atoms with Crippen LogP contribution in [0.1, 0.15) is 18.0 Å². The highest BCUT2D eigenvalue weighted by molar-refractivity contribution is 5.57. The normalized spacial score (nSPS) is 11.6. The molecule has 2 aromatic carbocycles. The van der Waals surface area contributed by atoms with Crippen molar-refractivity contribution in [3.63, 3.8) is 0 Å². The molecule has 1 N–H and O–H groups in total. The summed E-state index contributed by atoms with van der Waals surface area (Å²) in [6.45, 7) is 3.84. The van der Waals surface area contributed by atoms with Crippen LogP contribution in [0.25, 0.3) is 0 Å². The van der Waals surface area contributed by atoms with E-state index in [9.17, 15) is 0 Å². The predicted molar refractivity (Wildman–Crippen MR) is 80.6 cm³/mol. The molecule has 0 saturated heterocycles. The summed E-state index contributed by atoms with van der Waals surface area (Å²) in [5, 5.41) is 3.52. The number of rotatable bonds is 6. The molecular weight excluding hydrogens is 234 g/mol. The molecule has 2 aromatic rings. The number of hydrogen-bond donors (Lipinski definition) is 1. The van der Waals surface area contributed by atoms with Gasteiger partial charge in [-0.2, -0.15) is 0 Å². The van der Waals surface area contributed by atoms with Crippen molar-refractivity contribution < 1.29 is 4.74 Å². The molecule has 0 spiro atoms. The van der Waals surface area contributed by atoms with Gasteiger partial charge in [-0.05, 0) is 24.1 Å². The maximum atomic E-state index is 5.37. The van der Waals surface area contributed by atoms with E-state index in [4.69, 9.17) is 4.74 Å². The number of nitrogens with one attached hydrogen (secondary N) is 1. The van der Waals surface area contributed by atoms with Gasteiger partial charge in [-0.25, -0.2) is 0 Å². The fourth-order valence-corrected chi connectivity index (χ4v) is 2.08. The van der Waals surface area contributed by atoms with Gasteiger partial charge >= 0.3 is 0 Å². The Morgan fingerprint density at radius 3 is 2.47 bits per heavy atom. The molecule has 0 aliphatic rings. The van der Waals surface area contributed by atoms with Crippen LogP contribution in [-0.2, 0) is 0 Å². The van der Waals surface area contributed by atoms with E-state index >= 15 is 0 Å². The molecule has 2 nitrogen and oxygen atoms in total. The van der Waals surface area contributed by atoms with Crippen molar-refractivity contribution in [2.24, 2.45) is 0 Å². The van der Waals surface area contributed by atoms with Crippen LogP contribution in [0.3, 0.4) is 0 Å². The molecule has 0 aliphatic carbocycles. The van der Waals surface area contributed by atoms with E-state index in [0.717, 1.165) is 17.9 Å². The first kappa shape index (κ1) is 13.2. The summed E-state index contributed by atoms with van der Waals surface area (Å²) in [5.74, 6) is 0.854. The number of benzene rings is 2. The van der Waals surface area contributed by atoms with Crippen LogP contribution >= 0.6 is 0 Å². The standard InChI is InChI=1S/C17H19NO/c1-3-9-15(14-10-5-4-6-11-14)18-16-12-7-8-13-17(16)19-2/h3-8,10-13,15,18H,1,9H2,2H3/t15-/m1/s1. The molecule has 1 atom stereocenters. The van der Waals surface area contributed by atoms with E-state index in [2.05, 4.69) is 36.2 Å². The largest absolute Gasteiger partial charge is 0.495 e. The van der Waals surface area contributed by atoms with E-state index in [1.165, 1.54) is 5.56 Å². The van der Waals surface area contributed by atoms with Gasteiger partial charge in [0.2, 0.25) is 0 Å². The molecule has 2 heteroatoms. The molecule has 0 aromatic heterocycles. The predicted octanol–water partition coefficient (Wildman–Crippen LogP) is 4.42. The molecule has 2 rings (SSSR count). The average Bonchev–Trinajstić information content (AvgIpc) is 2.48. The van der Waals surface area contributed by atoms with Crippen molar-refractivity contribution in [1.82, 2.24) is 0 Å². The first-order valence-corrected chi connectivity index (χ1v) is 6.40. The maximum Gasteiger partial charge on any atom is 0.141 e. The Morgan fingerprint density at radius 2 is 1.79 bits per heavy atom. The van der Waals surface area contributed by atoms with Crippen molar-refractivity contribution >= 4 is 5.69 Å². The van der Waals surface area contributed by atoms with Crippen LogP contribution in [-0.4, -0.2) is 7.11 Å². The Hall–Kier alpha value is -2.22. The fourth-order valence-electron chi connectivity index (χ4n) is 2.08. The highest BCUT2D eigenvalue weighted by atomic mass is 16.5. The Kier molecular flexibility index (Phi) is 4.62. The topological polar surface area (TPSA) is 21.3 Å². The monoisotopic (exact) mass is 253 g/mol. The Morgan fingerprint density at radius 1 is 1.11 bits per heavy atom. The minimum atomic E-state index is 0.204. The van der Waals surface area contributed by atoms with Gasteiger partial charge in [-0.15, -0.1) is 6.58 Å². The van der Waals surface area contributed by atoms with Gasteiger partial charge in [0.05, 0.1) is 18.8 Å². The van der Waals surface area contributed by atoms with Crippen molar-refractivity contribution in [3.8, 4) is 5.75 Å². The van der Waals surface area contributed by atoms with Gasteiger partial charge in [0.15, 0.2) is 0 Å². The SMILES string of the molecule is C=CC[C@@H](Nc1ccccc1OC)c1ccccc1. The minimum Gasteiger partial charge on any atom is -0.495 e. The Balaban J connectivity index is 2.24. The second kappa shape index (κ2) is 6.64. The second-order valence-electron chi connectivity index (χ2n) is 4.33. The lowest BCUT2D eigenvalue weighted by atomic mass is 10.0. The third-order valence-electron chi connectivity index (χ3n) is 3.04. The van der Waals surface area contributed by atoms with E-state index in [-0.39, 0.29) is 6.04 Å². The lowest BCUT2D eigenvalue weighted by Crippen LogP contribution is -2.10. The molecule has 0 unspecified atom stereocenters. The van der Waals surface area contributed by atoms with Crippen molar-refractivity contribution in [3.05, 3.63) is 72.8 Å². The smallest absolute Gasteiger partial charge is 0.141 e. The molecular formula is C17H19NO. The number of methoxy groups -OCH3 is 1. The lowest BCUT2D eigenvalue weighted by molar-refractivity contribution is 0.416. The third-order valence-corrected chi connectivity index (χ3v) is 3.04. The lowest BCUT2D eigenvalue weighted by Gasteiger charge is -2.20. The Bertz CT molecular complexity index is 522. The molecule has 0 heterocycles. The molecule has 0 amide bonds. The summed E-state index contributed by atoms with van der Waals surface area (Å²) in [5.41, 5.74) is 2.24. The fraction of sp³-hybridized carbons (Fsp3) is 0.176. The average molecular weight is 253 g/mol. The molecule has 19 heavy (non-hydrogen) atoms. The molecule has 0 radical (unpaired) electrons. The highest BCUT2D eigenvalue weighted by Gasteiger charge is 2.11. The number of ether oxygens (including phenoxy) is 1. The van der Waals surface area contributed by atoms with E-state index in [1.54, 1.807) is 7.11 Å². The van der Waals surface area contributed by atoms with E-state index in [0.29, 0.717) is 0 Å². The third kappa shape index (κ3) is 3.38. The number of hydrogen-bond acceptors (Lipinski definition) is 2. The molecule has 0 saturated carbocycles. The summed E-state index contributed by atoms with van der Waals surface area (Å²) < 4.78 is 5.37. The summed E-state index contributed by atoms with van der Waals surface area (Å²) >= 11 is 0. The molecule has 98 valence electrons. The Labute approximate surface area is 114 Å². The number of anilines is 1. The maximum absolute atomic E-state index is 5.37. The van der Waals surface area contributed by atoms with E-state index < -0.39 is 0 Å². The number of para-hydroxylation sites is 2. The summed E-state index contributed by atoms with van der Waals surface area (Å²) in [4.78, 5) is 0. The van der Waals surface area contributed by atoms with Crippen LogP contribution in [0, 0.1) is 0 Å². The summed E-state index contributed by atoms with van der Waals surface area (Å²) in [6, 6.07) is 18.5. The summed E-state index contributed by atoms with van der Waals surface area (Å²) in [7, 11) is 1.69. The first-order valence-electron chi connectivity index (χ1n) is 6.40. The second-order valence-corrected chi connectivity index (χ2v) is 4.33.